The molecule has 0 saturated heterocycles. The average molecular weight is 248 g/mol. The van der Waals surface area contributed by atoms with Crippen LogP contribution in [0, 0.1) is 11.3 Å². The van der Waals surface area contributed by atoms with Crippen LogP contribution in [-0.2, 0) is 11.6 Å². The van der Waals surface area contributed by atoms with Gasteiger partial charge in [-0.15, -0.1) is 0 Å². The van der Waals surface area contributed by atoms with E-state index in [-0.39, 0.29) is 5.02 Å². The third kappa shape index (κ3) is 2.48. The van der Waals surface area contributed by atoms with Crippen molar-refractivity contribution in [2.75, 3.05) is 0 Å². The van der Waals surface area contributed by atoms with Gasteiger partial charge in [0.15, 0.2) is 0 Å². The van der Waals surface area contributed by atoms with Crippen molar-refractivity contribution in [1.29, 1.82) is 5.26 Å². The van der Waals surface area contributed by atoms with Crippen LogP contribution in [0.25, 0.3) is 0 Å². The molecule has 0 aliphatic carbocycles. The molecule has 0 spiro atoms. The Hall–Kier alpha value is -1.21. The smallest absolute Gasteiger partial charge is 0.197 e. The maximum atomic E-state index is 12.4. The third-order valence-corrected chi connectivity index (χ3v) is 2.59. The van der Waals surface area contributed by atoms with Crippen molar-refractivity contribution in [1.82, 2.24) is 0 Å². The molecule has 1 aromatic carbocycles. The summed E-state index contributed by atoms with van der Waals surface area (Å²) in [6.45, 7) is 3.23. The topological polar surface area (TPSA) is 23.8 Å². The Morgan fingerprint density at radius 3 is 2.19 bits per heavy atom. The van der Waals surface area contributed by atoms with Crippen molar-refractivity contribution >= 4 is 11.6 Å². The summed E-state index contributed by atoms with van der Waals surface area (Å²) in [5.74, 6) is 0. The van der Waals surface area contributed by atoms with E-state index in [4.69, 9.17) is 16.9 Å². The van der Waals surface area contributed by atoms with E-state index in [1.165, 1.54) is 12.1 Å². The number of alkyl halides is 3. The number of halogens is 4. The minimum absolute atomic E-state index is 0.381. The van der Waals surface area contributed by atoms with Gasteiger partial charge in [-0.2, -0.15) is 18.4 Å². The lowest BCUT2D eigenvalue weighted by molar-refractivity contribution is -0.137. The zero-order valence-electron chi connectivity index (χ0n) is 8.69. The maximum Gasteiger partial charge on any atom is 0.417 e. The van der Waals surface area contributed by atoms with E-state index in [9.17, 15) is 13.2 Å². The van der Waals surface area contributed by atoms with Crippen LogP contribution >= 0.6 is 11.6 Å². The van der Waals surface area contributed by atoms with Crippen molar-refractivity contribution in [2.45, 2.75) is 25.4 Å². The molecule has 0 heterocycles. The number of rotatable bonds is 1. The van der Waals surface area contributed by atoms with Gasteiger partial charge in [0, 0.05) is 0 Å². The summed E-state index contributed by atoms with van der Waals surface area (Å²) in [6.07, 6.45) is -4.47. The summed E-state index contributed by atoms with van der Waals surface area (Å²) in [6, 6.07) is 5.37. The predicted octanol–water partition coefficient (Wildman–Crippen LogP) is 4.16. The highest BCUT2D eigenvalue weighted by atomic mass is 35.5. The van der Waals surface area contributed by atoms with E-state index in [1.54, 1.807) is 13.8 Å². The van der Waals surface area contributed by atoms with Gasteiger partial charge in [-0.3, -0.25) is 0 Å². The monoisotopic (exact) mass is 247 g/mol. The molecule has 5 heteroatoms. The quantitative estimate of drug-likeness (QED) is 0.731. The van der Waals surface area contributed by atoms with Gasteiger partial charge in [-0.1, -0.05) is 17.7 Å². The van der Waals surface area contributed by atoms with Crippen LogP contribution in [0.1, 0.15) is 25.0 Å². The summed E-state index contributed by atoms with van der Waals surface area (Å²) >= 11 is 5.55. The fourth-order valence-corrected chi connectivity index (χ4v) is 1.49. The number of nitriles is 1. The van der Waals surface area contributed by atoms with Gasteiger partial charge in [0.1, 0.15) is 0 Å². The first-order chi connectivity index (χ1) is 7.18. The lowest BCUT2D eigenvalue weighted by atomic mass is 9.86. The number of benzene rings is 1. The Labute approximate surface area is 96.4 Å². The largest absolute Gasteiger partial charge is 0.417 e. The van der Waals surface area contributed by atoms with Gasteiger partial charge < -0.3 is 0 Å². The van der Waals surface area contributed by atoms with Crippen LogP contribution in [-0.4, -0.2) is 0 Å². The number of hydrogen-bond acceptors (Lipinski definition) is 1. The Balaban J connectivity index is 3.26. The predicted molar refractivity (Wildman–Crippen MR) is 55.1 cm³/mol. The summed E-state index contributed by atoms with van der Waals surface area (Å²) in [7, 11) is 0. The van der Waals surface area contributed by atoms with Gasteiger partial charge in [-0.05, 0) is 31.5 Å². The van der Waals surface area contributed by atoms with Gasteiger partial charge in [0.2, 0.25) is 0 Å². The first kappa shape index (κ1) is 12.9. The summed E-state index contributed by atoms with van der Waals surface area (Å²) < 4.78 is 37.2. The van der Waals surface area contributed by atoms with E-state index >= 15 is 0 Å². The SMILES string of the molecule is CC(C)(C#N)c1ccc(C(F)(F)F)c(Cl)c1. The molecule has 86 valence electrons. The first-order valence-corrected chi connectivity index (χ1v) is 4.85. The zero-order chi connectivity index (χ0) is 12.6. The molecule has 1 rings (SSSR count). The van der Waals surface area contributed by atoms with Crippen molar-refractivity contribution in [3.63, 3.8) is 0 Å². The second kappa shape index (κ2) is 3.99. The lowest BCUT2D eigenvalue weighted by Gasteiger charge is -2.17. The highest BCUT2D eigenvalue weighted by Crippen LogP contribution is 2.36. The van der Waals surface area contributed by atoms with Gasteiger partial charge in [0.05, 0.1) is 22.1 Å². The lowest BCUT2D eigenvalue weighted by Crippen LogP contribution is -2.15. The standard InChI is InChI=1S/C11H9ClF3N/c1-10(2,6-16)7-3-4-8(9(12)5-7)11(13,14)15/h3-5H,1-2H3. The van der Waals surface area contributed by atoms with Gasteiger partial charge >= 0.3 is 6.18 Å². The molecule has 0 atom stereocenters. The average Bonchev–Trinajstić information content (AvgIpc) is 2.15. The summed E-state index contributed by atoms with van der Waals surface area (Å²) in [4.78, 5) is 0. The maximum absolute atomic E-state index is 12.4. The Morgan fingerprint density at radius 1 is 1.25 bits per heavy atom. The second-order valence-corrected chi connectivity index (χ2v) is 4.34. The van der Waals surface area contributed by atoms with E-state index in [0.29, 0.717) is 5.56 Å². The van der Waals surface area contributed by atoms with Crippen molar-refractivity contribution in [2.24, 2.45) is 0 Å². The Kier molecular flexibility index (Phi) is 3.20. The summed E-state index contributed by atoms with van der Waals surface area (Å²) in [5.41, 5.74) is -1.27. The molecule has 0 aliphatic rings. The minimum Gasteiger partial charge on any atom is -0.197 e. The van der Waals surface area contributed by atoms with Crippen LogP contribution in [0.5, 0.6) is 0 Å². The van der Waals surface area contributed by atoms with Gasteiger partial charge in [0.25, 0.3) is 0 Å². The normalized spacial score (nSPS) is 12.3. The van der Waals surface area contributed by atoms with Crippen LogP contribution in [0.15, 0.2) is 18.2 Å². The molecule has 0 amide bonds. The molecule has 1 aromatic rings. The molecule has 16 heavy (non-hydrogen) atoms. The van der Waals surface area contributed by atoms with Crippen LogP contribution in [0.4, 0.5) is 13.2 Å². The van der Waals surface area contributed by atoms with E-state index < -0.39 is 17.2 Å². The summed E-state index contributed by atoms with van der Waals surface area (Å²) in [5, 5.41) is 8.47. The molecule has 0 aromatic heterocycles. The van der Waals surface area contributed by atoms with E-state index in [1.807, 2.05) is 6.07 Å². The molecule has 0 radical (unpaired) electrons. The molecule has 0 N–H and O–H groups in total. The van der Waals surface area contributed by atoms with Crippen molar-refractivity contribution in [3.8, 4) is 6.07 Å². The Morgan fingerprint density at radius 2 is 1.81 bits per heavy atom. The minimum atomic E-state index is -4.47. The van der Waals surface area contributed by atoms with Crippen LogP contribution < -0.4 is 0 Å². The molecule has 0 aliphatic heterocycles. The molecule has 0 unspecified atom stereocenters. The molecule has 0 saturated carbocycles. The Bertz CT molecular complexity index is 444. The molecular formula is C11H9ClF3N. The first-order valence-electron chi connectivity index (χ1n) is 4.47. The molecular weight excluding hydrogens is 239 g/mol. The number of nitrogens with zero attached hydrogens (tertiary/aromatic N) is 1. The van der Waals surface area contributed by atoms with E-state index in [0.717, 1.165) is 6.07 Å². The van der Waals surface area contributed by atoms with Crippen LogP contribution in [0.2, 0.25) is 5.02 Å². The second-order valence-electron chi connectivity index (χ2n) is 3.93. The molecule has 0 bridgehead atoms. The highest BCUT2D eigenvalue weighted by molar-refractivity contribution is 6.31. The van der Waals surface area contributed by atoms with Crippen molar-refractivity contribution in [3.05, 3.63) is 34.3 Å². The number of hydrogen-bond donors (Lipinski definition) is 0. The van der Waals surface area contributed by atoms with E-state index in [2.05, 4.69) is 0 Å². The van der Waals surface area contributed by atoms with Crippen LogP contribution in [0.3, 0.4) is 0 Å². The molecule has 0 fully saturated rings. The van der Waals surface area contributed by atoms with Crippen molar-refractivity contribution < 1.29 is 13.2 Å². The third-order valence-electron chi connectivity index (χ3n) is 2.28. The molecule has 1 nitrogen and oxygen atoms in total. The fourth-order valence-electron chi connectivity index (χ4n) is 1.20. The zero-order valence-corrected chi connectivity index (χ0v) is 9.45. The van der Waals surface area contributed by atoms with Gasteiger partial charge in [-0.25, -0.2) is 0 Å². The fraction of sp³-hybridized carbons (Fsp3) is 0.364. The highest BCUT2D eigenvalue weighted by Gasteiger charge is 2.34.